The molecule has 1 aliphatic heterocycles. The van der Waals surface area contributed by atoms with Gasteiger partial charge < -0.3 is 5.73 Å². The molecular weight excluding hydrogens is 170 g/mol. The lowest BCUT2D eigenvalue weighted by Crippen LogP contribution is -2.19. The number of aromatic amines is 1. The van der Waals surface area contributed by atoms with Crippen LogP contribution in [-0.4, -0.2) is 21.9 Å². The molecule has 1 amide bonds. The predicted octanol–water partition coefficient (Wildman–Crippen LogP) is -0.273. The first-order valence-electron chi connectivity index (χ1n) is 3.85. The molecule has 1 aliphatic rings. The third-order valence-electron chi connectivity index (χ3n) is 1.71. The molecule has 2 heterocycles. The minimum absolute atomic E-state index is 0.149. The van der Waals surface area contributed by atoms with E-state index in [0.29, 0.717) is 11.7 Å². The van der Waals surface area contributed by atoms with E-state index in [1.807, 2.05) is 6.92 Å². The number of H-pyrrole nitrogens is 1. The number of amidine groups is 1. The summed E-state index contributed by atoms with van der Waals surface area (Å²) in [4.78, 5) is 11.3. The van der Waals surface area contributed by atoms with Gasteiger partial charge in [0.15, 0.2) is 5.82 Å². The van der Waals surface area contributed by atoms with Crippen LogP contribution in [0, 0.1) is 6.92 Å². The Morgan fingerprint density at radius 2 is 2.46 bits per heavy atom. The lowest BCUT2D eigenvalue weighted by atomic mass is 10.4. The number of hydrogen-bond acceptors (Lipinski definition) is 4. The van der Waals surface area contributed by atoms with E-state index in [1.54, 1.807) is 6.07 Å². The molecular formula is C7H9N5O. The maximum absolute atomic E-state index is 11.3. The van der Waals surface area contributed by atoms with E-state index in [-0.39, 0.29) is 12.3 Å². The van der Waals surface area contributed by atoms with Crippen molar-refractivity contribution in [1.29, 1.82) is 0 Å². The lowest BCUT2D eigenvalue weighted by Gasteiger charge is -2.05. The van der Waals surface area contributed by atoms with E-state index in [0.717, 1.165) is 5.69 Å². The first-order valence-corrected chi connectivity index (χ1v) is 3.85. The normalized spacial score (nSPS) is 16.5. The van der Waals surface area contributed by atoms with Crippen molar-refractivity contribution in [3.05, 3.63) is 11.8 Å². The third kappa shape index (κ3) is 1.26. The molecule has 13 heavy (non-hydrogen) atoms. The van der Waals surface area contributed by atoms with Crippen LogP contribution >= 0.6 is 0 Å². The highest BCUT2D eigenvalue weighted by Gasteiger charge is 2.24. The van der Waals surface area contributed by atoms with E-state index in [4.69, 9.17) is 5.73 Å². The number of nitrogens with one attached hydrogen (secondary N) is 1. The van der Waals surface area contributed by atoms with Gasteiger partial charge >= 0.3 is 0 Å². The average Bonchev–Trinajstić information content (AvgIpc) is 2.58. The molecule has 6 heteroatoms. The second-order valence-electron chi connectivity index (χ2n) is 2.88. The van der Waals surface area contributed by atoms with E-state index in [1.165, 1.54) is 5.01 Å². The Morgan fingerprint density at radius 1 is 1.69 bits per heavy atom. The highest BCUT2D eigenvalue weighted by molar-refractivity contribution is 6.11. The largest absolute Gasteiger partial charge is 0.385 e. The number of carbonyl (C=O) groups is 1. The van der Waals surface area contributed by atoms with Gasteiger partial charge in [0.2, 0.25) is 0 Å². The van der Waals surface area contributed by atoms with Crippen molar-refractivity contribution in [2.24, 2.45) is 10.8 Å². The standard InChI is InChI=1S/C7H9N5O/c1-4-2-6(10-9-4)12-7(13)3-5(8)11-12/h2H,3H2,1H3,(H2,8,11)(H,9,10). The summed E-state index contributed by atoms with van der Waals surface area (Å²) in [6.07, 6.45) is 0.173. The summed E-state index contributed by atoms with van der Waals surface area (Å²) in [6, 6.07) is 1.74. The van der Waals surface area contributed by atoms with Crippen molar-refractivity contribution in [2.45, 2.75) is 13.3 Å². The molecule has 0 radical (unpaired) electrons. The zero-order valence-electron chi connectivity index (χ0n) is 7.11. The molecule has 0 atom stereocenters. The van der Waals surface area contributed by atoms with Crippen LogP contribution in [0.15, 0.2) is 11.2 Å². The zero-order chi connectivity index (χ0) is 9.42. The summed E-state index contributed by atoms with van der Waals surface area (Å²) in [5.74, 6) is 0.664. The topological polar surface area (TPSA) is 87.4 Å². The van der Waals surface area contributed by atoms with E-state index < -0.39 is 0 Å². The molecule has 6 nitrogen and oxygen atoms in total. The molecule has 0 fully saturated rings. The highest BCUT2D eigenvalue weighted by Crippen LogP contribution is 2.16. The van der Waals surface area contributed by atoms with Crippen molar-refractivity contribution >= 4 is 17.6 Å². The molecule has 0 unspecified atom stereocenters. The van der Waals surface area contributed by atoms with Gasteiger partial charge in [0, 0.05) is 11.8 Å². The molecule has 0 aliphatic carbocycles. The van der Waals surface area contributed by atoms with Crippen LogP contribution in [0.25, 0.3) is 0 Å². The van der Waals surface area contributed by atoms with Gasteiger partial charge in [-0.05, 0) is 6.92 Å². The minimum Gasteiger partial charge on any atom is -0.385 e. The summed E-state index contributed by atoms with van der Waals surface area (Å²) < 4.78 is 0. The number of aromatic nitrogens is 2. The molecule has 0 saturated heterocycles. The van der Waals surface area contributed by atoms with Crippen molar-refractivity contribution in [3.8, 4) is 0 Å². The number of anilines is 1. The van der Waals surface area contributed by atoms with Crippen molar-refractivity contribution in [1.82, 2.24) is 10.2 Å². The summed E-state index contributed by atoms with van der Waals surface area (Å²) in [6.45, 7) is 1.85. The minimum atomic E-state index is -0.149. The molecule has 1 aromatic heterocycles. The smallest absolute Gasteiger partial charge is 0.256 e. The number of nitrogens with zero attached hydrogens (tertiary/aromatic N) is 3. The van der Waals surface area contributed by atoms with Crippen LogP contribution in [0.5, 0.6) is 0 Å². The number of nitrogens with two attached hydrogens (primary N) is 1. The van der Waals surface area contributed by atoms with Crippen LogP contribution in [0.2, 0.25) is 0 Å². The first-order chi connectivity index (χ1) is 6.16. The fourth-order valence-corrected chi connectivity index (χ4v) is 1.14. The van der Waals surface area contributed by atoms with Gasteiger partial charge in [-0.2, -0.15) is 15.2 Å². The Hall–Kier alpha value is -1.85. The van der Waals surface area contributed by atoms with Crippen LogP contribution in [0.1, 0.15) is 12.1 Å². The summed E-state index contributed by atoms with van der Waals surface area (Å²) in [5, 5.41) is 11.7. The van der Waals surface area contributed by atoms with Crippen LogP contribution in [0.4, 0.5) is 5.82 Å². The molecule has 0 spiro atoms. The van der Waals surface area contributed by atoms with Crippen molar-refractivity contribution < 1.29 is 4.79 Å². The second kappa shape index (κ2) is 2.58. The highest BCUT2D eigenvalue weighted by atomic mass is 16.2. The third-order valence-corrected chi connectivity index (χ3v) is 1.71. The Kier molecular flexibility index (Phi) is 1.54. The van der Waals surface area contributed by atoms with Crippen molar-refractivity contribution in [3.63, 3.8) is 0 Å². The van der Waals surface area contributed by atoms with Gasteiger partial charge in [0.25, 0.3) is 5.91 Å². The monoisotopic (exact) mass is 179 g/mol. The van der Waals surface area contributed by atoms with E-state index in [2.05, 4.69) is 15.3 Å². The summed E-state index contributed by atoms with van der Waals surface area (Å²) in [7, 11) is 0. The Morgan fingerprint density at radius 3 is 2.92 bits per heavy atom. The summed E-state index contributed by atoms with van der Waals surface area (Å²) in [5.41, 5.74) is 6.29. The van der Waals surface area contributed by atoms with Gasteiger partial charge in [0.05, 0.1) is 6.42 Å². The molecule has 3 N–H and O–H groups in total. The quantitative estimate of drug-likeness (QED) is 0.621. The molecule has 0 aromatic carbocycles. The predicted molar refractivity (Wildman–Crippen MR) is 47.1 cm³/mol. The van der Waals surface area contributed by atoms with Gasteiger partial charge in [-0.3, -0.25) is 9.89 Å². The zero-order valence-corrected chi connectivity index (χ0v) is 7.11. The number of hydrazone groups is 1. The van der Waals surface area contributed by atoms with Crippen LogP contribution in [-0.2, 0) is 4.79 Å². The van der Waals surface area contributed by atoms with Crippen LogP contribution < -0.4 is 10.7 Å². The van der Waals surface area contributed by atoms with E-state index >= 15 is 0 Å². The van der Waals surface area contributed by atoms with Gasteiger partial charge in [-0.15, -0.1) is 0 Å². The lowest BCUT2D eigenvalue weighted by molar-refractivity contribution is -0.116. The Bertz CT molecular complexity index is 380. The first kappa shape index (κ1) is 7.78. The molecule has 0 saturated carbocycles. The fraction of sp³-hybridized carbons (Fsp3) is 0.286. The average molecular weight is 179 g/mol. The SMILES string of the molecule is Cc1cc(N2N=C(N)CC2=O)n[nH]1. The summed E-state index contributed by atoms with van der Waals surface area (Å²) >= 11 is 0. The van der Waals surface area contributed by atoms with E-state index in [9.17, 15) is 4.79 Å². The maximum Gasteiger partial charge on any atom is 0.256 e. The number of hydrogen-bond donors (Lipinski definition) is 2. The van der Waals surface area contributed by atoms with Crippen molar-refractivity contribution in [2.75, 3.05) is 5.01 Å². The fourth-order valence-electron chi connectivity index (χ4n) is 1.14. The molecule has 0 bridgehead atoms. The van der Waals surface area contributed by atoms with Gasteiger partial charge in [-0.1, -0.05) is 0 Å². The van der Waals surface area contributed by atoms with Crippen LogP contribution in [0.3, 0.4) is 0 Å². The molecule has 68 valence electrons. The molecule has 2 rings (SSSR count). The number of aryl methyl sites for hydroxylation is 1. The molecule has 1 aromatic rings. The van der Waals surface area contributed by atoms with Gasteiger partial charge in [-0.25, -0.2) is 0 Å². The number of amides is 1. The number of carbonyl (C=O) groups excluding carboxylic acids is 1. The maximum atomic E-state index is 11.3. The second-order valence-corrected chi connectivity index (χ2v) is 2.88. The van der Waals surface area contributed by atoms with Gasteiger partial charge in [0.1, 0.15) is 5.84 Å². The number of rotatable bonds is 1. The Labute approximate surface area is 74.4 Å². The Balaban J connectivity index is 2.32.